The quantitative estimate of drug-likeness (QED) is 0.553. The first kappa shape index (κ1) is 21.5. The predicted molar refractivity (Wildman–Crippen MR) is 128 cm³/mol. The van der Waals surface area contributed by atoms with Gasteiger partial charge in [0.05, 0.1) is 16.6 Å². The zero-order chi connectivity index (χ0) is 23.7. The van der Waals surface area contributed by atoms with Crippen molar-refractivity contribution in [3.63, 3.8) is 0 Å². The van der Waals surface area contributed by atoms with Crippen molar-refractivity contribution >= 4 is 16.7 Å². The number of cyclic esters (lactones) is 1. The molecule has 7 nitrogen and oxygen atoms in total. The largest absolute Gasteiger partial charge is 0.474 e. The molecule has 0 bridgehead atoms. The van der Waals surface area contributed by atoms with Gasteiger partial charge in [0.2, 0.25) is 5.88 Å². The first-order valence-corrected chi connectivity index (χ1v) is 12.1. The summed E-state index contributed by atoms with van der Waals surface area (Å²) < 4.78 is 11.4. The summed E-state index contributed by atoms with van der Waals surface area (Å²) in [5.74, 6) is 0.799. The molecule has 1 atom stereocenters. The molecule has 3 aromatic rings. The first-order chi connectivity index (χ1) is 16.2. The third-order valence-electron chi connectivity index (χ3n) is 7.34. The second-order valence-corrected chi connectivity index (χ2v) is 10.9. The van der Waals surface area contributed by atoms with Crippen LogP contribution in [0.5, 0.6) is 5.88 Å². The highest BCUT2D eigenvalue weighted by Gasteiger charge is 2.41. The predicted octanol–water partition coefficient (Wildman–Crippen LogP) is 4.19. The van der Waals surface area contributed by atoms with Crippen LogP contribution in [0.15, 0.2) is 30.6 Å². The molecule has 6 rings (SSSR count). The number of nitrogens with two attached hydrogens (primary N) is 1. The molecule has 34 heavy (non-hydrogen) atoms. The molecular formula is C27H30N4O3. The van der Waals surface area contributed by atoms with Crippen molar-refractivity contribution < 1.29 is 14.3 Å². The van der Waals surface area contributed by atoms with Crippen LogP contribution < -0.4 is 10.5 Å². The van der Waals surface area contributed by atoms with E-state index in [0.29, 0.717) is 30.4 Å². The highest BCUT2D eigenvalue weighted by atomic mass is 16.5. The molecule has 7 heteroatoms. The van der Waals surface area contributed by atoms with Crippen LogP contribution in [0.25, 0.3) is 10.8 Å². The van der Waals surface area contributed by atoms with Gasteiger partial charge in [-0.25, -0.2) is 9.78 Å². The molecule has 0 unspecified atom stereocenters. The van der Waals surface area contributed by atoms with Crippen molar-refractivity contribution in [2.75, 3.05) is 6.61 Å². The minimum Gasteiger partial charge on any atom is -0.474 e. The second-order valence-electron chi connectivity index (χ2n) is 10.9. The minimum absolute atomic E-state index is 0.253. The van der Waals surface area contributed by atoms with Gasteiger partial charge >= 0.3 is 5.97 Å². The summed E-state index contributed by atoms with van der Waals surface area (Å²) in [7, 11) is 0. The Labute approximate surface area is 199 Å². The topological polar surface area (TPSA) is 100 Å². The van der Waals surface area contributed by atoms with Crippen LogP contribution >= 0.6 is 0 Å². The summed E-state index contributed by atoms with van der Waals surface area (Å²) in [4.78, 5) is 26.4. The van der Waals surface area contributed by atoms with Crippen molar-refractivity contribution in [1.82, 2.24) is 15.0 Å². The van der Waals surface area contributed by atoms with E-state index in [9.17, 15) is 4.79 Å². The standard InChI is InChI=1S/C27H30N4O3/c1-26(2)14-33-25(32)19-9-6-16(31-23(19)26)10-17-11-20-21(12-29-17)24(34-18-7-8-18)30-13-22(20)27(3,28)15-4-5-15/h6,9,11-13,15,18H,4-5,7-8,10,14,28H2,1-3H3/t27-/m1/s1. The minimum atomic E-state index is -0.448. The number of esters is 1. The van der Waals surface area contributed by atoms with Crippen LogP contribution in [0.2, 0.25) is 0 Å². The molecule has 2 saturated carbocycles. The number of pyridine rings is 3. The Bertz CT molecular complexity index is 1310. The van der Waals surface area contributed by atoms with Crippen LogP contribution in [-0.2, 0) is 22.1 Å². The molecule has 2 aliphatic carbocycles. The molecule has 3 aromatic heterocycles. The summed E-state index contributed by atoms with van der Waals surface area (Å²) in [6.07, 6.45) is 8.99. The zero-order valence-corrected chi connectivity index (χ0v) is 19.9. The average molecular weight is 459 g/mol. The van der Waals surface area contributed by atoms with Crippen LogP contribution in [0, 0.1) is 5.92 Å². The fourth-order valence-corrected chi connectivity index (χ4v) is 4.88. The van der Waals surface area contributed by atoms with E-state index >= 15 is 0 Å². The maximum atomic E-state index is 12.2. The third kappa shape index (κ3) is 3.72. The van der Waals surface area contributed by atoms with E-state index in [-0.39, 0.29) is 17.5 Å². The molecule has 1 aliphatic heterocycles. The maximum Gasteiger partial charge on any atom is 0.340 e. The molecule has 3 aliphatic rings. The van der Waals surface area contributed by atoms with E-state index in [0.717, 1.165) is 59.1 Å². The lowest BCUT2D eigenvalue weighted by Gasteiger charge is -2.30. The molecule has 2 fully saturated rings. The lowest BCUT2D eigenvalue weighted by Crippen LogP contribution is -2.35. The smallest absolute Gasteiger partial charge is 0.340 e. The van der Waals surface area contributed by atoms with Crippen molar-refractivity contribution in [2.24, 2.45) is 11.7 Å². The Morgan fingerprint density at radius 1 is 1.12 bits per heavy atom. The monoisotopic (exact) mass is 458 g/mol. The fourth-order valence-electron chi connectivity index (χ4n) is 4.88. The fraction of sp³-hybridized carbons (Fsp3) is 0.481. The number of rotatable bonds is 6. The number of aromatic nitrogens is 3. The van der Waals surface area contributed by atoms with Gasteiger partial charge in [-0.15, -0.1) is 0 Å². The van der Waals surface area contributed by atoms with Crippen LogP contribution in [0.1, 0.15) is 79.5 Å². The van der Waals surface area contributed by atoms with Gasteiger partial charge in [0.15, 0.2) is 0 Å². The number of hydrogen-bond donors (Lipinski definition) is 1. The van der Waals surface area contributed by atoms with Crippen LogP contribution in [0.3, 0.4) is 0 Å². The van der Waals surface area contributed by atoms with Crippen LogP contribution in [-0.4, -0.2) is 33.6 Å². The molecule has 0 spiro atoms. The molecule has 176 valence electrons. The molecule has 2 N–H and O–H groups in total. The Kier molecular flexibility index (Phi) is 4.72. The summed E-state index contributed by atoms with van der Waals surface area (Å²) in [5.41, 5.74) is 10.2. The van der Waals surface area contributed by atoms with E-state index in [1.54, 1.807) is 0 Å². The van der Waals surface area contributed by atoms with Gasteiger partial charge in [-0.2, -0.15) is 0 Å². The van der Waals surface area contributed by atoms with Gasteiger partial charge in [-0.05, 0) is 67.7 Å². The molecular weight excluding hydrogens is 428 g/mol. The van der Waals surface area contributed by atoms with Crippen molar-refractivity contribution in [3.05, 3.63) is 58.8 Å². The van der Waals surface area contributed by atoms with Gasteiger partial charge in [0.1, 0.15) is 12.7 Å². The van der Waals surface area contributed by atoms with Gasteiger partial charge in [0, 0.05) is 41.2 Å². The molecule has 4 heterocycles. The third-order valence-corrected chi connectivity index (χ3v) is 7.34. The number of ether oxygens (including phenoxy) is 2. The molecule has 0 radical (unpaired) electrons. The summed E-state index contributed by atoms with van der Waals surface area (Å²) in [6, 6.07) is 5.82. The van der Waals surface area contributed by atoms with E-state index in [4.69, 9.17) is 25.2 Å². The average Bonchev–Trinajstić information content (AvgIpc) is 3.71. The lowest BCUT2D eigenvalue weighted by molar-refractivity contribution is 0.0366. The second kappa shape index (κ2) is 7.47. The Balaban J connectivity index is 1.40. The molecule has 0 amide bonds. The highest BCUT2D eigenvalue weighted by Crippen LogP contribution is 2.46. The lowest BCUT2D eigenvalue weighted by atomic mass is 9.84. The number of carbonyl (C=O) groups excluding carboxylic acids is 1. The Morgan fingerprint density at radius 2 is 1.91 bits per heavy atom. The van der Waals surface area contributed by atoms with Gasteiger partial charge in [-0.1, -0.05) is 13.8 Å². The van der Waals surface area contributed by atoms with Crippen LogP contribution in [0.4, 0.5) is 0 Å². The highest BCUT2D eigenvalue weighted by molar-refractivity contribution is 5.92. The number of fused-ring (bicyclic) bond motifs is 2. The summed E-state index contributed by atoms with van der Waals surface area (Å²) in [6.45, 7) is 6.53. The Hall–Kier alpha value is -3.06. The van der Waals surface area contributed by atoms with Crippen molar-refractivity contribution in [3.8, 4) is 5.88 Å². The van der Waals surface area contributed by atoms with E-state index in [1.165, 1.54) is 0 Å². The van der Waals surface area contributed by atoms with Crippen molar-refractivity contribution in [2.45, 2.75) is 69.9 Å². The molecule has 0 aromatic carbocycles. The number of hydrogen-bond acceptors (Lipinski definition) is 7. The zero-order valence-electron chi connectivity index (χ0n) is 19.9. The Morgan fingerprint density at radius 3 is 2.65 bits per heavy atom. The van der Waals surface area contributed by atoms with Gasteiger partial charge < -0.3 is 15.2 Å². The van der Waals surface area contributed by atoms with Gasteiger partial charge in [-0.3, -0.25) is 9.97 Å². The summed E-state index contributed by atoms with van der Waals surface area (Å²) in [5, 5.41) is 1.96. The van der Waals surface area contributed by atoms with Gasteiger partial charge in [0.25, 0.3) is 0 Å². The SMILES string of the molecule is CC1(C)COC(=O)c2ccc(Cc3cc4c([C@](C)(N)C5CC5)cnc(OC5CC5)c4cn3)nc21. The normalized spacial score (nSPS) is 21.0. The first-order valence-electron chi connectivity index (χ1n) is 12.1. The number of carbonyl (C=O) groups is 1. The van der Waals surface area contributed by atoms with Crippen molar-refractivity contribution in [1.29, 1.82) is 0 Å². The molecule has 0 saturated heterocycles. The number of nitrogens with zero attached hydrogens (tertiary/aromatic N) is 3. The van der Waals surface area contributed by atoms with E-state index in [1.807, 2.05) is 38.4 Å². The van der Waals surface area contributed by atoms with E-state index in [2.05, 4.69) is 18.0 Å². The summed E-state index contributed by atoms with van der Waals surface area (Å²) >= 11 is 0. The van der Waals surface area contributed by atoms with E-state index < -0.39 is 5.54 Å². The maximum absolute atomic E-state index is 12.2.